The van der Waals surface area contributed by atoms with Gasteiger partial charge in [-0.05, 0) is 42.8 Å². The molecule has 2 aromatic heterocycles. The number of benzene rings is 1. The number of hydrogen-bond donors (Lipinski definition) is 1. The van der Waals surface area contributed by atoms with E-state index in [0.717, 1.165) is 22.6 Å². The summed E-state index contributed by atoms with van der Waals surface area (Å²) in [5.74, 6) is 0.142. The molecule has 3 aromatic rings. The molecule has 0 aliphatic carbocycles. The Morgan fingerprint density at radius 3 is 2.69 bits per heavy atom. The Morgan fingerprint density at radius 1 is 1.08 bits per heavy atom. The van der Waals surface area contributed by atoms with Crippen LogP contribution >= 0.6 is 11.3 Å². The van der Waals surface area contributed by atoms with E-state index in [1.54, 1.807) is 24.3 Å². The van der Waals surface area contributed by atoms with Crippen LogP contribution in [-0.2, 0) is 4.74 Å². The monoisotopic (exact) mass is 371 g/mol. The molecular weight excluding hydrogens is 354 g/mol. The van der Waals surface area contributed by atoms with E-state index in [9.17, 15) is 9.59 Å². The number of esters is 1. The highest BCUT2D eigenvalue weighted by Crippen LogP contribution is 2.23. The van der Waals surface area contributed by atoms with Gasteiger partial charge >= 0.3 is 5.97 Å². The zero-order valence-electron chi connectivity index (χ0n) is 14.1. The van der Waals surface area contributed by atoms with Crippen molar-refractivity contribution in [2.24, 2.45) is 0 Å². The minimum absolute atomic E-state index is 0.138. The quantitative estimate of drug-likeness (QED) is 0.499. The number of hydrogen-bond acceptors (Lipinski definition) is 6. The molecule has 0 spiro atoms. The van der Waals surface area contributed by atoms with Crippen molar-refractivity contribution in [3.05, 3.63) is 71.0 Å². The first-order valence-electron chi connectivity index (χ1n) is 7.94. The van der Waals surface area contributed by atoms with Gasteiger partial charge in [-0.2, -0.15) is 0 Å². The second-order valence-electron chi connectivity index (χ2n) is 5.35. The van der Waals surface area contributed by atoms with Gasteiger partial charge in [0.05, 0.1) is 11.3 Å². The number of para-hydroxylation sites is 1. The van der Waals surface area contributed by atoms with Gasteiger partial charge in [0.15, 0.2) is 5.76 Å². The number of amides is 1. The number of thiophene rings is 1. The number of furan rings is 1. The smallest absolute Gasteiger partial charge is 0.348 e. The van der Waals surface area contributed by atoms with Crippen LogP contribution in [0.15, 0.2) is 59.2 Å². The Morgan fingerprint density at radius 2 is 1.92 bits per heavy atom. The number of anilines is 1. The van der Waals surface area contributed by atoms with Crippen molar-refractivity contribution in [1.82, 2.24) is 0 Å². The third-order valence-corrected chi connectivity index (χ3v) is 4.44. The van der Waals surface area contributed by atoms with Crippen LogP contribution in [0.25, 0.3) is 0 Å². The van der Waals surface area contributed by atoms with Crippen LogP contribution in [0.3, 0.4) is 0 Å². The fourth-order valence-corrected chi connectivity index (χ4v) is 2.97. The highest BCUT2D eigenvalue weighted by molar-refractivity contribution is 7.18. The van der Waals surface area contributed by atoms with Crippen LogP contribution in [0.5, 0.6) is 5.75 Å². The minimum atomic E-state index is -0.457. The van der Waals surface area contributed by atoms with E-state index in [2.05, 4.69) is 5.32 Å². The van der Waals surface area contributed by atoms with Gasteiger partial charge in [0.25, 0.3) is 5.91 Å². The summed E-state index contributed by atoms with van der Waals surface area (Å²) in [6.07, 6.45) is 1.42. The van der Waals surface area contributed by atoms with Crippen LogP contribution in [0, 0.1) is 6.92 Å². The first kappa shape index (κ1) is 17.8. The molecule has 1 aromatic carbocycles. The third kappa shape index (κ3) is 4.52. The van der Waals surface area contributed by atoms with Crippen molar-refractivity contribution in [1.29, 1.82) is 0 Å². The van der Waals surface area contributed by atoms with E-state index in [1.165, 1.54) is 6.26 Å². The number of aryl methyl sites for hydroxylation is 1. The van der Waals surface area contributed by atoms with Crippen molar-refractivity contribution < 1.29 is 23.5 Å². The average molecular weight is 371 g/mol. The van der Waals surface area contributed by atoms with Crippen LogP contribution in [0.2, 0.25) is 0 Å². The van der Waals surface area contributed by atoms with E-state index in [4.69, 9.17) is 13.9 Å². The van der Waals surface area contributed by atoms with Crippen molar-refractivity contribution in [2.75, 3.05) is 18.5 Å². The molecule has 0 fully saturated rings. The Labute approximate surface area is 154 Å². The molecule has 0 atom stereocenters. The molecule has 0 saturated heterocycles. The summed E-state index contributed by atoms with van der Waals surface area (Å²) in [4.78, 5) is 24.3. The fourth-order valence-electron chi connectivity index (χ4n) is 2.17. The van der Waals surface area contributed by atoms with Crippen LogP contribution in [0.1, 0.15) is 25.8 Å². The summed E-state index contributed by atoms with van der Waals surface area (Å²) < 4.78 is 15.8. The molecule has 6 nitrogen and oxygen atoms in total. The van der Waals surface area contributed by atoms with Crippen LogP contribution in [-0.4, -0.2) is 25.1 Å². The Kier molecular flexibility index (Phi) is 5.70. The van der Waals surface area contributed by atoms with Gasteiger partial charge in [0.2, 0.25) is 0 Å². The molecule has 3 rings (SSSR count). The second-order valence-corrected chi connectivity index (χ2v) is 6.43. The largest absolute Gasteiger partial charge is 0.490 e. The Hall–Kier alpha value is -3.06. The summed E-state index contributed by atoms with van der Waals surface area (Å²) in [6.45, 7) is 2.36. The van der Waals surface area contributed by atoms with Crippen molar-refractivity contribution in [3.63, 3.8) is 0 Å². The fraction of sp³-hybridized carbons (Fsp3) is 0.158. The van der Waals surface area contributed by atoms with E-state index in [0.29, 0.717) is 9.88 Å². The van der Waals surface area contributed by atoms with Gasteiger partial charge < -0.3 is 19.2 Å². The normalized spacial score (nSPS) is 10.3. The lowest BCUT2D eigenvalue weighted by atomic mass is 10.2. The number of carbonyl (C=O) groups excluding carboxylic acids is 2. The number of ether oxygens (including phenoxy) is 2. The maximum Gasteiger partial charge on any atom is 0.348 e. The first-order chi connectivity index (χ1) is 12.6. The van der Waals surface area contributed by atoms with Crippen LogP contribution in [0.4, 0.5) is 5.00 Å². The van der Waals surface area contributed by atoms with Crippen LogP contribution < -0.4 is 10.1 Å². The first-order valence-corrected chi connectivity index (χ1v) is 8.75. The lowest BCUT2D eigenvalue weighted by Gasteiger charge is -2.08. The summed E-state index contributed by atoms with van der Waals surface area (Å²) >= 11 is 1.13. The highest BCUT2D eigenvalue weighted by atomic mass is 32.1. The zero-order chi connectivity index (χ0) is 18.4. The minimum Gasteiger partial charge on any atom is -0.490 e. The molecule has 0 unspecified atom stereocenters. The summed E-state index contributed by atoms with van der Waals surface area (Å²) in [6, 6.07) is 14.1. The summed E-state index contributed by atoms with van der Waals surface area (Å²) in [7, 11) is 0. The predicted octanol–water partition coefficient (Wildman–Crippen LogP) is 4.14. The molecule has 0 saturated carbocycles. The standard InChI is InChI=1S/C19H17NO5S/c1-13-5-2-3-6-14(13)24-11-12-25-19(22)16-8-9-17(26-16)20-18(21)15-7-4-10-23-15/h2-10H,11-12H2,1H3,(H,20,21). The average Bonchev–Trinajstić information content (AvgIpc) is 3.32. The zero-order valence-corrected chi connectivity index (χ0v) is 14.9. The van der Waals surface area contributed by atoms with E-state index >= 15 is 0 Å². The topological polar surface area (TPSA) is 77.8 Å². The number of rotatable bonds is 7. The number of nitrogens with one attached hydrogen (secondary N) is 1. The van der Waals surface area contributed by atoms with Crippen molar-refractivity contribution in [3.8, 4) is 5.75 Å². The maximum atomic E-state index is 12.1. The van der Waals surface area contributed by atoms with Crippen molar-refractivity contribution >= 4 is 28.2 Å². The molecule has 2 heterocycles. The molecular formula is C19H17NO5S. The molecule has 7 heteroatoms. The van der Waals surface area contributed by atoms with E-state index in [1.807, 2.05) is 31.2 Å². The van der Waals surface area contributed by atoms with E-state index < -0.39 is 5.97 Å². The molecule has 0 radical (unpaired) electrons. The third-order valence-electron chi connectivity index (χ3n) is 3.46. The molecule has 26 heavy (non-hydrogen) atoms. The number of carbonyl (C=O) groups is 2. The molecule has 0 aliphatic heterocycles. The summed E-state index contributed by atoms with van der Waals surface area (Å²) in [5.41, 5.74) is 1.02. The Bertz CT molecular complexity index is 885. The van der Waals surface area contributed by atoms with Gasteiger partial charge in [-0.25, -0.2) is 4.79 Å². The second kappa shape index (κ2) is 8.35. The van der Waals surface area contributed by atoms with Gasteiger partial charge in [-0.15, -0.1) is 11.3 Å². The SMILES string of the molecule is Cc1ccccc1OCCOC(=O)c1ccc(NC(=O)c2ccco2)s1. The predicted molar refractivity (Wildman–Crippen MR) is 97.9 cm³/mol. The van der Waals surface area contributed by atoms with E-state index in [-0.39, 0.29) is 24.9 Å². The van der Waals surface area contributed by atoms with Gasteiger partial charge in [0, 0.05) is 0 Å². The van der Waals surface area contributed by atoms with Gasteiger partial charge in [-0.1, -0.05) is 18.2 Å². The molecule has 1 N–H and O–H groups in total. The van der Waals surface area contributed by atoms with Gasteiger partial charge in [-0.3, -0.25) is 4.79 Å². The highest BCUT2D eigenvalue weighted by Gasteiger charge is 2.14. The van der Waals surface area contributed by atoms with Gasteiger partial charge in [0.1, 0.15) is 23.8 Å². The Balaban J connectivity index is 1.46. The lowest BCUT2D eigenvalue weighted by molar-refractivity contribution is 0.0455. The van der Waals surface area contributed by atoms with Crippen molar-refractivity contribution in [2.45, 2.75) is 6.92 Å². The summed E-state index contributed by atoms with van der Waals surface area (Å²) in [5, 5.41) is 3.20. The lowest BCUT2D eigenvalue weighted by Crippen LogP contribution is -2.12. The maximum absolute atomic E-state index is 12.1. The molecule has 134 valence electrons. The molecule has 0 aliphatic rings. The molecule has 0 bridgehead atoms. The molecule has 1 amide bonds.